The van der Waals surface area contributed by atoms with Crippen LogP contribution in [-0.2, 0) is 0 Å². The molecule has 0 aliphatic carbocycles. The van der Waals surface area contributed by atoms with Gasteiger partial charge in [-0.15, -0.1) is 0 Å². The number of nitrogens with zero attached hydrogens (tertiary/aromatic N) is 2. The molecule has 1 heterocycles. The second kappa shape index (κ2) is 2.96. The van der Waals surface area contributed by atoms with Crippen LogP contribution in [0.2, 0.25) is 0 Å². The van der Waals surface area contributed by atoms with E-state index in [4.69, 9.17) is 11.6 Å². The molecule has 0 aliphatic rings. The predicted octanol–water partition coefficient (Wildman–Crippen LogP) is 1.47. The number of carbonyl (C=O) groups is 1. The molecular weight excluding hydrogens is 164 g/mol. The smallest absolute Gasteiger partial charge is 0.256 e. The topological polar surface area (TPSA) is 42.9 Å². The zero-order valence-electron chi connectivity index (χ0n) is 6.26. The number of rotatable bonds is 1. The van der Waals surface area contributed by atoms with E-state index in [1.165, 1.54) is 6.33 Å². The van der Waals surface area contributed by atoms with E-state index in [1.54, 1.807) is 13.8 Å². The lowest BCUT2D eigenvalue weighted by molar-refractivity contribution is 0.107. The van der Waals surface area contributed by atoms with Gasteiger partial charge in [-0.2, -0.15) is 0 Å². The minimum atomic E-state index is -0.499. The van der Waals surface area contributed by atoms with Crippen molar-refractivity contribution in [3.05, 3.63) is 23.3 Å². The Morgan fingerprint density at radius 1 is 1.36 bits per heavy atom. The Balaban J connectivity index is 3.32. The molecule has 0 fully saturated rings. The first-order valence-electron chi connectivity index (χ1n) is 3.11. The lowest BCUT2D eigenvalue weighted by atomic mass is 10.2. The van der Waals surface area contributed by atoms with Crippen LogP contribution in [0, 0.1) is 13.8 Å². The maximum atomic E-state index is 10.8. The third kappa shape index (κ3) is 1.54. The van der Waals surface area contributed by atoms with Gasteiger partial charge in [0.2, 0.25) is 0 Å². The summed E-state index contributed by atoms with van der Waals surface area (Å²) >= 11 is 5.29. The van der Waals surface area contributed by atoms with Crippen molar-refractivity contribution in [2.24, 2.45) is 0 Å². The highest BCUT2D eigenvalue weighted by Gasteiger charge is 2.10. The van der Waals surface area contributed by atoms with Gasteiger partial charge in [-0.1, -0.05) is 0 Å². The standard InChI is InChI=1S/C7H7ClN2O/c1-4-6(7(8)11)5(2)10-3-9-4/h3H,1-2H3. The minimum absolute atomic E-state index is 0.411. The molecule has 0 aliphatic heterocycles. The van der Waals surface area contributed by atoms with Crippen molar-refractivity contribution in [1.82, 2.24) is 9.97 Å². The van der Waals surface area contributed by atoms with Gasteiger partial charge in [0.05, 0.1) is 17.0 Å². The highest BCUT2D eigenvalue weighted by atomic mass is 35.5. The summed E-state index contributed by atoms with van der Waals surface area (Å²) in [7, 11) is 0. The van der Waals surface area contributed by atoms with Gasteiger partial charge >= 0.3 is 0 Å². The summed E-state index contributed by atoms with van der Waals surface area (Å²) in [6.45, 7) is 3.45. The van der Waals surface area contributed by atoms with E-state index in [0.29, 0.717) is 17.0 Å². The molecule has 0 N–H and O–H groups in total. The third-order valence-electron chi connectivity index (χ3n) is 1.42. The molecule has 0 aromatic carbocycles. The Hall–Kier alpha value is -0.960. The number of halogens is 1. The average Bonchev–Trinajstić information content (AvgIpc) is 1.85. The second-order valence-electron chi connectivity index (χ2n) is 2.19. The number of hydrogen-bond acceptors (Lipinski definition) is 3. The SMILES string of the molecule is Cc1ncnc(C)c1C(=O)Cl. The van der Waals surface area contributed by atoms with E-state index in [9.17, 15) is 4.79 Å². The first-order valence-corrected chi connectivity index (χ1v) is 3.48. The monoisotopic (exact) mass is 170 g/mol. The first kappa shape index (κ1) is 8.14. The van der Waals surface area contributed by atoms with Gasteiger partial charge in [0.15, 0.2) is 0 Å². The van der Waals surface area contributed by atoms with Crippen LogP contribution in [0.3, 0.4) is 0 Å². The van der Waals surface area contributed by atoms with Crippen LogP contribution in [0.5, 0.6) is 0 Å². The van der Waals surface area contributed by atoms with Crippen molar-refractivity contribution in [3.8, 4) is 0 Å². The predicted molar refractivity (Wildman–Crippen MR) is 41.7 cm³/mol. The number of hydrogen-bond donors (Lipinski definition) is 0. The molecule has 0 spiro atoms. The molecule has 0 bridgehead atoms. The third-order valence-corrected chi connectivity index (χ3v) is 1.61. The number of carbonyl (C=O) groups excluding carboxylic acids is 1. The fraction of sp³-hybridized carbons (Fsp3) is 0.286. The Bertz CT molecular complexity index is 278. The molecule has 0 radical (unpaired) electrons. The maximum Gasteiger partial charge on any atom is 0.256 e. The lowest BCUT2D eigenvalue weighted by Gasteiger charge is -2.00. The van der Waals surface area contributed by atoms with Gasteiger partial charge in [-0.3, -0.25) is 4.79 Å². The van der Waals surface area contributed by atoms with E-state index in [0.717, 1.165) is 0 Å². The van der Waals surface area contributed by atoms with Crippen LogP contribution in [0.4, 0.5) is 0 Å². The molecule has 1 aromatic rings. The Morgan fingerprint density at radius 2 is 1.82 bits per heavy atom. The van der Waals surface area contributed by atoms with Gasteiger partial charge in [-0.05, 0) is 25.4 Å². The van der Waals surface area contributed by atoms with Crippen LogP contribution in [0.25, 0.3) is 0 Å². The van der Waals surface area contributed by atoms with E-state index in [-0.39, 0.29) is 0 Å². The largest absolute Gasteiger partial charge is 0.275 e. The van der Waals surface area contributed by atoms with Crippen LogP contribution >= 0.6 is 11.6 Å². The zero-order valence-corrected chi connectivity index (χ0v) is 7.01. The molecule has 58 valence electrons. The summed E-state index contributed by atoms with van der Waals surface area (Å²) < 4.78 is 0. The number of aryl methyl sites for hydroxylation is 2. The van der Waals surface area contributed by atoms with Gasteiger partial charge in [0, 0.05) is 0 Å². The van der Waals surface area contributed by atoms with Gasteiger partial charge in [0.1, 0.15) is 6.33 Å². The van der Waals surface area contributed by atoms with Crippen molar-refractivity contribution in [2.45, 2.75) is 13.8 Å². The molecule has 4 heteroatoms. The minimum Gasteiger partial charge on any atom is -0.275 e. The highest BCUT2D eigenvalue weighted by Crippen LogP contribution is 2.10. The molecule has 0 saturated carbocycles. The quantitative estimate of drug-likeness (QED) is 0.600. The molecule has 0 unspecified atom stereocenters. The summed E-state index contributed by atoms with van der Waals surface area (Å²) in [4.78, 5) is 18.5. The molecule has 0 atom stereocenters. The molecule has 1 aromatic heterocycles. The van der Waals surface area contributed by atoms with Crippen molar-refractivity contribution in [3.63, 3.8) is 0 Å². The van der Waals surface area contributed by atoms with Gasteiger partial charge < -0.3 is 0 Å². The molecule has 0 amide bonds. The molecular formula is C7H7ClN2O. The number of aromatic nitrogens is 2. The van der Waals surface area contributed by atoms with Crippen molar-refractivity contribution in [2.75, 3.05) is 0 Å². The molecule has 3 nitrogen and oxygen atoms in total. The zero-order chi connectivity index (χ0) is 8.43. The Morgan fingerprint density at radius 3 is 2.09 bits per heavy atom. The highest BCUT2D eigenvalue weighted by molar-refractivity contribution is 6.68. The average molecular weight is 171 g/mol. The van der Waals surface area contributed by atoms with Crippen molar-refractivity contribution < 1.29 is 4.79 Å². The van der Waals surface area contributed by atoms with Gasteiger partial charge in [0.25, 0.3) is 5.24 Å². The van der Waals surface area contributed by atoms with E-state index in [2.05, 4.69) is 9.97 Å². The van der Waals surface area contributed by atoms with Crippen LogP contribution in [0.1, 0.15) is 21.7 Å². The van der Waals surface area contributed by atoms with E-state index in [1.807, 2.05) is 0 Å². The summed E-state index contributed by atoms with van der Waals surface area (Å²) in [6.07, 6.45) is 1.41. The van der Waals surface area contributed by atoms with Crippen LogP contribution in [0.15, 0.2) is 6.33 Å². The second-order valence-corrected chi connectivity index (χ2v) is 2.54. The summed E-state index contributed by atoms with van der Waals surface area (Å²) in [5.41, 5.74) is 1.66. The lowest BCUT2D eigenvalue weighted by Crippen LogP contribution is -2.01. The van der Waals surface area contributed by atoms with Crippen molar-refractivity contribution in [1.29, 1.82) is 0 Å². The van der Waals surface area contributed by atoms with Crippen LogP contribution < -0.4 is 0 Å². The maximum absolute atomic E-state index is 10.8. The van der Waals surface area contributed by atoms with Crippen LogP contribution in [-0.4, -0.2) is 15.2 Å². The van der Waals surface area contributed by atoms with Gasteiger partial charge in [-0.25, -0.2) is 9.97 Å². The summed E-state index contributed by atoms with van der Waals surface area (Å²) in [5, 5.41) is -0.499. The first-order chi connectivity index (χ1) is 5.13. The Labute approximate surface area is 69.4 Å². The Kier molecular flexibility index (Phi) is 2.19. The van der Waals surface area contributed by atoms with Crippen molar-refractivity contribution >= 4 is 16.8 Å². The fourth-order valence-electron chi connectivity index (χ4n) is 0.877. The molecule has 1 rings (SSSR count). The normalized spacial score (nSPS) is 9.73. The molecule has 0 saturated heterocycles. The fourth-order valence-corrected chi connectivity index (χ4v) is 1.15. The summed E-state index contributed by atoms with van der Waals surface area (Å²) in [5.74, 6) is 0. The molecule has 11 heavy (non-hydrogen) atoms. The van der Waals surface area contributed by atoms with E-state index >= 15 is 0 Å². The van der Waals surface area contributed by atoms with E-state index < -0.39 is 5.24 Å². The summed E-state index contributed by atoms with van der Waals surface area (Å²) in [6, 6.07) is 0.